The summed E-state index contributed by atoms with van der Waals surface area (Å²) in [6.45, 7) is 0. The molecule has 11 heavy (non-hydrogen) atoms. The number of aliphatic hydroxyl groups excluding tert-OH is 1. The molecule has 2 nitrogen and oxygen atoms in total. The SMILES string of the molecule is OC1[C@@H]2C[C@H]3S[C@H]1CC[C@H]3O2. The minimum atomic E-state index is -0.177. The van der Waals surface area contributed by atoms with E-state index >= 15 is 0 Å². The highest BCUT2D eigenvalue weighted by atomic mass is 32.2. The third-order valence-corrected chi connectivity index (χ3v) is 4.79. The Kier molecular flexibility index (Phi) is 1.32. The van der Waals surface area contributed by atoms with Crippen molar-refractivity contribution in [3.63, 3.8) is 0 Å². The molecule has 3 heterocycles. The van der Waals surface area contributed by atoms with Crippen LogP contribution in [-0.4, -0.2) is 33.9 Å². The van der Waals surface area contributed by atoms with E-state index in [4.69, 9.17) is 4.74 Å². The molecule has 5 atom stereocenters. The molecule has 3 heteroatoms. The second-order valence-electron chi connectivity index (χ2n) is 3.73. The minimum absolute atomic E-state index is 0.177. The van der Waals surface area contributed by atoms with Crippen molar-refractivity contribution in [2.45, 2.75) is 48.1 Å². The van der Waals surface area contributed by atoms with Gasteiger partial charge in [0.2, 0.25) is 0 Å². The van der Waals surface area contributed by atoms with Crippen molar-refractivity contribution in [1.29, 1.82) is 0 Å². The fraction of sp³-hybridized carbons (Fsp3) is 1.00. The van der Waals surface area contributed by atoms with Crippen LogP contribution >= 0.6 is 11.8 Å². The van der Waals surface area contributed by atoms with Gasteiger partial charge in [-0.3, -0.25) is 0 Å². The largest absolute Gasteiger partial charge is 0.389 e. The minimum Gasteiger partial charge on any atom is -0.389 e. The number of rotatable bonds is 0. The molecule has 0 saturated carbocycles. The lowest BCUT2D eigenvalue weighted by molar-refractivity contribution is -0.0164. The summed E-state index contributed by atoms with van der Waals surface area (Å²) in [6.07, 6.45) is 3.90. The lowest BCUT2D eigenvalue weighted by atomic mass is 9.97. The molecule has 3 rings (SSSR count). The molecule has 3 fully saturated rings. The summed E-state index contributed by atoms with van der Waals surface area (Å²) in [5.41, 5.74) is 0. The van der Waals surface area contributed by atoms with Crippen molar-refractivity contribution in [1.82, 2.24) is 0 Å². The number of hydrogen-bond acceptors (Lipinski definition) is 3. The molecule has 0 aromatic rings. The molecule has 1 unspecified atom stereocenters. The maximum atomic E-state index is 9.74. The van der Waals surface area contributed by atoms with Crippen LogP contribution in [0.3, 0.4) is 0 Å². The molecular formula is C8H12O2S. The lowest BCUT2D eigenvalue weighted by Gasteiger charge is -2.34. The Morgan fingerprint density at radius 1 is 1.18 bits per heavy atom. The summed E-state index contributed by atoms with van der Waals surface area (Å²) < 4.78 is 5.72. The Bertz CT molecular complexity index is 177. The number of fused-ring (bicyclic) bond motifs is 2. The van der Waals surface area contributed by atoms with Crippen molar-refractivity contribution < 1.29 is 9.84 Å². The highest BCUT2D eigenvalue weighted by molar-refractivity contribution is 8.00. The van der Waals surface area contributed by atoms with E-state index in [1.165, 1.54) is 6.42 Å². The quantitative estimate of drug-likeness (QED) is 0.585. The van der Waals surface area contributed by atoms with E-state index in [0.717, 1.165) is 12.8 Å². The predicted octanol–water partition coefficient (Wildman–Crippen LogP) is 0.783. The molecule has 0 radical (unpaired) electrons. The Morgan fingerprint density at radius 3 is 3.00 bits per heavy atom. The van der Waals surface area contributed by atoms with Gasteiger partial charge in [-0.15, -0.1) is 11.8 Å². The summed E-state index contributed by atoms with van der Waals surface area (Å²) in [4.78, 5) is 0. The van der Waals surface area contributed by atoms with Crippen LogP contribution in [0, 0.1) is 0 Å². The number of thioether (sulfide) groups is 1. The Balaban J connectivity index is 1.95. The number of ether oxygens (including phenoxy) is 1. The first-order chi connectivity index (χ1) is 5.34. The highest BCUT2D eigenvalue weighted by Gasteiger charge is 2.50. The molecule has 3 bridgehead atoms. The van der Waals surface area contributed by atoms with Gasteiger partial charge in [-0.25, -0.2) is 0 Å². The average Bonchev–Trinajstić information content (AvgIpc) is 2.33. The highest BCUT2D eigenvalue weighted by Crippen LogP contribution is 2.49. The smallest absolute Gasteiger partial charge is 0.0920 e. The fourth-order valence-electron chi connectivity index (χ4n) is 2.48. The van der Waals surface area contributed by atoms with Crippen LogP contribution in [0.2, 0.25) is 0 Å². The number of aliphatic hydroxyl groups is 1. The van der Waals surface area contributed by atoms with Gasteiger partial charge < -0.3 is 9.84 Å². The van der Waals surface area contributed by atoms with Crippen LogP contribution < -0.4 is 0 Å². The normalized spacial score (nSPS) is 60.3. The molecule has 0 aliphatic carbocycles. The zero-order chi connectivity index (χ0) is 7.42. The van der Waals surface area contributed by atoms with Crippen molar-refractivity contribution >= 4 is 11.8 Å². The maximum absolute atomic E-state index is 9.74. The fourth-order valence-corrected chi connectivity index (χ4v) is 4.21. The third-order valence-electron chi connectivity index (χ3n) is 3.08. The van der Waals surface area contributed by atoms with Crippen molar-refractivity contribution in [2.24, 2.45) is 0 Å². The van der Waals surface area contributed by atoms with Crippen molar-refractivity contribution in [3.05, 3.63) is 0 Å². The van der Waals surface area contributed by atoms with E-state index in [1.54, 1.807) is 0 Å². The van der Waals surface area contributed by atoms with Gasteiger partial charge in [0.05, 0.1) is 18.3 Å². The second-order valence-corrected chi connectivity index (χ2v) is 5.21. The zero-order valence-electron chi connectivity index (χ0n) is 6.27. The van der Waals surface area contributed by atoms with Crippen molar-refractivity contribution in [3.8, 4) is 0 Å². The first kappa shape index (κ1) is 6.75. The Hall–Kier alpha value is 0.270. The number of hydrogen-bond donors (Lipinski definition) is 1. The van der Waals surface area contributed by atoms with Crippen LogP contribution in [0.1, 0.15) is 19.3 Å². The monoisotopic (exact) mass is 172 g/mol. The molecule has 3 saturated heterocycles. The van der Waals surface area contributed by atoms with E-state index in [-0.39, 0.29) is 12.2 Å². The summed E-state index contributed by atoms with van der Waals surface area (Å²) in [5.74, 6) is 0. The average molecular weight is 172 g/mol. The molecule has 0 aromatic carbocycles. The first-order valence-electron chi connectivity index (χ1n) is 4.33. The van der Waals surface area contributed by atoms with Crippen molar-refractivity contribution in [2.75, 3.05) is 0 Å². The van der Waals surface area contributed by atoms with Crippen LogP contribution in [0.15, 0.2) is 0 Å². The van der Waals surface area contributed by atoms with Gasteiger partial charge in [0.25, 0.3) is 0 Å². The standard InChI is InChI=1S/C8H12O2S/c9-8-5-3-7-4(10-5)1-2-6(8)11-7/h4-9H,1-3H2/t4-,5+,6+,7-,8?/m1/s1. The van der Waals surface area contributed by atoms with Crippen LogP contribution in [0.4, 0.5) is 0 Å². The predicted molar refractivity (Wildman–Crippen MR) is 43.7 cm³/mol. The summed E-state index contributed by atoms with van der Waals surface area (Å²) >= 11 is 1.96. The Morgan fingerprint density at radius 2 is 2.09 bits per heavy atom. The second kappa shape index (κ2) is 2.15. The molecule has 3 aliphatic heterocycles. The first-order valence-corrected chi connectivity index (χ1v) is 5.28. The van der Waals surface area contributed by atoms with Crippen LogP contribution in [-0.2, 0) is 4.74 Å². The van der Waals surface area contributed by atoms with Gasteiger partial charge in [-0.2, -0.15) is 0 Å². The van der Waals surface area contributed by atoms with E-state index < -0.39 is 0 Å². The van der Waals surface area contributed by atoms with Gasteiger partial charge in [-0.1, -0.05) is 0 Å². The van der Waals surface area contributed by atoms with Gasteiger partial charge in [0, 0.05) is 10.5 Å². The summed E-state index contributed by atoms with van der Waals surface area (Å²) in [6, 6.07) is 0. The van der Waals surface area contributed by atoms with Gasteiger partial charge in [0.15, 0.2) is 0 Å². The zero-order valence-corrected chi connectivity index (χ0v) is 7.09. The summed E-state index contributed by atoms with van der Waals surface area (Å²) in [5, 5.41) is 10.9. The van der Waals surface area contributed by atoms with E-state index in [1.807, 2.05) is 11.8 Å². The maximum Gasteiger partial charge on any atom is 0.0920 e. The lowest BCUT2D eigenvalue weighted by Crippen LogP contribution is -2.40. The van der Waals surface area contributed by atoms with Crippen LogP contribution in [0.5, 0.6) is 0 Å². The third kappa shape index (κ3) is 0.820. The molecule has 1 N–H and O–H groups in total. The topological polar surface area (TPSA) is 29.5 Å². The molecule has 0 amide bonds. The molecule has 3 aliphatic rings. The molecular weight excluding hydrogens is 160 g/mol. The van der Waals surface area contributed by atoms with Gasteiger partial charge >= 0.3 is 0 Å². The molecule has 62 valence electrons. The molecule has 0 aromatic heterocycles. The van der Waals surface area contributed by atoms with E-state index in [2.05, 4.69) is 0 Å². The van der Waals surface area contributed by atoms with Gasteiger partial charge in [0.1, 0.15) is 0 Å². The summed E-state index contributed by atoms with van der Waals surface area (Å²) in [7, 11) is 0. The van der Waals surface area contributed by atoms with Crippen LogP contribution in [0.25, 0.3) is 0 Å². The van der Waals surface area contributed by atoms with Gasteiger partial charge in [-0.05, 0) is 19.3 Å². The van der Waals surface area contributed by atoms with E-state index in [9.17, 15) is 5.11 Å². The Labute approximate surface area is 70.3 Å². The van der Waals surface area contributed by atoms with E-state index in [0.29, 0.717) is 16.6 Å². The molecule has 0 spiro atoms.